The largest absolute Gasteiger partial charge is 0.504 e. The number of carboxylic acid groups (broad SMARTS) is 1. The lowest BCUT2D eigenvalue weighted by Gasteiger charge is -2.50. The average molecular weight is 788 g/mol. The van der Waals surface area contributed by atoms with Gasteiger partial charge in [0.05, 0.1) is 29.4 Å². The average Bonchev–Trinajstić information content (AvgIpc) is 3.96. The van der Waals surface area contributed by atoms with Crippen LogP contribution in [-0.2, 0) is 25.8 Å². The maximum Gasteiger partial charge on any atom is 0.350 e. The number of anilines is 1. The first-order valence-electron chi connectivity index (χ1n) is 16.1. The number of β-lactam (4-membered cyclic amide) rings is 1. The van der Waals surface area contributed by atoms with Gasteiger partial charge in [-0.2, -0.15) is 5.21 Å². The molecule has 23 heteroatoms. The number of aromatic hydroxyl groups is 2. The van der Waals surface area contributed by atoms with Crippen molar-refractivity contribution in [3.05, 3.63) is 45.5 Å². The fourth-order valence-corrected chi connectivity index (χ4v) is 8.43. The van der Waals surface area contributed by atoms with Gasteiger partial charge in [0, 0.05) is 29.5 Å². The fourth-order valence-electron chi connectivity index (χ4n) is 6.30. The third kappa shape index (κ3) is 6.84. The van der Waals surface area contributed by atoms with E-state index in [9.17, 15) is 29.7 Å². The molecule has 2 atom stereocenters. The summed E-state index contributed by atoms with van der Waals surface area (Å²) in [6, 6.07) is 1.77. The van der Waals surface area contributed by atoms with Crippen LogP contribution in [0.1, 0.15) is 44.1 Å². The Kier molecular flexibility index (Phi) is 9.46. The summed E-state index contributed by atoms with van der Waals surface area (Å²) in [4.78, 5) is 49.9. The molecule has 0 radical (unpaired) electrons. The lowest BCUT2D eigenvalue weighted by Crippen LogP contribution is -2.70. The lowest BCUT2D eigenvalue weighted by atomic mass is 10.0. The number of oxime groups is 1. The number of thioether (sulfide) groups is 1. The number of carboxylic acids is 1. The van der Waals surface area contributed by atoms with Crippen molar-refractivity contribution in [1.82, 2.24) is 46.0 Å². The number of nitrogen functional groups attached to an aromatic ring is 1. The topological polar surface area (TPSA) is 281 Å². The fraction of sp³-hybridized carbons (Fsp3) is 0.400. The summed E-state index contributed by atoms with van der Waals surface area (Å²) in [5.74, 6) is -2.31. The Morgan fingerprint density at radius 3 is 2.68 bits per heavy atom. The molecule has 0 aliphatic carbocycles. The minimum Gasteiger partial charge on any atom is -0.504 e. The smallest absolute Gasteiger partial charge is 0.350 e. The zero-order chi connectivity index (χ0) is 37.7. The first-order chi connectivity index (χ1) is 25.3. The van der Waals surface area contributed by atoms with Gasteiger partial charge in [-0.1, -0.05) is 16.8 Å². The van der Waals surface area contributed by atoms with Crippen molar-refractivity contribution in [3.63, 3.8) is 0 Å². The van der Waals surface area contributed by atoms with E-state index in [-0.39, 0.29) is 44.6 Å². The molecule has 6 heterocycles. The Balaban J connectivity index is 1.13. The number of amides is 2. The molecule has 20 nitrogen and oxygen atoms in total. The van der Waals surface area contributed by atoms with Gasteiger partial charge in [0.15, 0.2) is 28.9 Å². The zero-order valence-corrected chi connectivity index (χ0v) is 30.4. The summed E-state index contributed by atoms with van der Waals surface area (Å²) in [7, 11) is 0. The highest BCUT2D eigenvalue weighted by Crippen LogP contribution is 2.45. The number of phenolic OH excluding ortho intramolecular Hbond substituents is 2. The number of H-pyrrole nitrogens is 1. The maximum absolute atomic E-state index is 13.9. The quantitative estimate of drug-likeness (QED) is 0.0391. The number of likely N-dealkylation sites (tertiary alicyclic amines) is 1. The number of halogens is 1. The van der Waals surface area contributed by atoms with Crippen LogP contribution in [0.15, 0.2) is 32.7 Å². The van der Waals surface area contributed by atoms with Gasteiger partial charge < -0.3 is 40.1 Å². The molecule has 7 rings (SSSR count). The number of tetrazole rings is 1. The molecular formula is C30H32ClN12O8S2+. The molecule has 3 aliphatic rings. The summed E-state index contributed by atoms with van der Waals surface area (Å²) in [6.45, 7) is 4.96. The highest BCUT2D eigenvalue weighted by atomic mass is 35.5. The molecule has 3 aliphatic heterocycles. The number of phenols is 2. The van der Waals surface area contributed by atoms with Gasteiger partial charge >= 0.3 is 5.97 Å². The van der Waals surface area contributed by atoms with Crippen LogP contribution >= 0.6 is 34.7 Å². The first kappa shape index (κ1) is 36.1. The molecule has 0 saturated carbocycles. The van der Waals surface area contributed by atoms with E-state index in [2.05, 4.69) is 46.3 Å². The van der Waals surface area contributed by atoms with Crippen LogP contribution in [0, 0.1) is 0 Å². The summed E-state index contributed by atoms with van der Waals surface area (Å²) in [5.41, 5.74) is 5.36. The van der Waals surface area contributed by atoms with Crippen molar-refractivity contribution >= 4 is 69.0 Å². The number of aliphatic carboxylic acids is 1. The van der Waals surface area contributed by atoms with E-state index >= 15 is 0 Å². The number of hydrogen-bond acceptors (Lipinski definition) is 17. The second-order valence-electron chi connectivity index (χ2n) is 13.1. The number of quaternary nitrogens is 1. The number of thiazole rings is 1. The number of aromatic amines is 1. The molecular weight excluding hydrogens is 756 g/mol. The van der Waals surface area contributed by atoms with Gasteiger partial charge in [-0.3, -0.25) is 14.5 Å². The zero-order valence-electron chi connectivity index (χ0n) is 28.0. The van der Waals surface area contributed by atoms with Crippen molar-refractivity contribution < 1.29 is 43.4 Å². The highest BCUT2D eigenvalue weighted by molar-refractivity contribution is 8.00. The number of carbonyl (C=O) groups is 3. The monoisotopic (exact) mass is 787 g/mol. The maximum atomic E-state index is 13.9. The molecule has 2 amide bonds. The molecule has 0 spiro atoms. The minimum atomic E-state index is -1.76. The summed E-state index contributed by atoms with van der Waals surface area (Å²) >= 11 is 8.73. The van der Waals surface area contributed by atoms with Crippen molar-refractivity contribution in [2.45, 2.75) is 50.3 Å². The number of aromatic nitrogens is 7. The first-order valence-corrected chi connectivity index (χ1v) is 18.4. The second kappa shape index (κ2) is 13.9. The van der Waals surface area contributed by atoms with E-state index in [1.807, 2.05) is 0 Å². The van der Waals surface area contributed by atoms with Gasteiger partial charge in [-0.15, -0.1) is 43.5 Å². The normalized spacial score (nSPS) is 19.9. The van der Waals surface area contributed by atoms with E-state index in [1.165, 1.54) is 48.0 Å². The van der Waals surface area contributed by atoms with E-state index in [0.717, 1.165) is 42.8 Å². The Hall–Kier alpha value is -5.32. The molecule has 53 heavy (non-hydrogen) atoms. The number of rotatable bonds is 12. The number of fused-ring (bicyclic) bond motifs is 1. The van der Waals surface area contributed by atoms with Crippen molar-refractivity contribution in [2.75, 3.05) is 31.1 Å². The molecule has 0 bridgehead atoms. The minimum absolute atomic E-state index is 0.0538. The van der Waals surface area contributed by atoms with Crippen LogP contribution < -0.4 is 11.1 Å². The molecule has 3 aromatic heterocycles. The Morgan fingerprint density at radius 2 is 2.00 bits per heavy atom. The second-order valence-corrected chi connectivity index (χ2v) is 15.4. The third-order valence-electron chi connectivity index (χ3n) is 9.05. The van der Waals surface area contributed by atoms with E-state index in [0.29, 0.717) is 34.9 Å². The Morgan fingerprint density at radius 1 is 1.23 bits per heavy atom. The van der Waals surface area contributed by atoms with Crippen LogP contribution in [0.3, 0.4) is 0 Å². The molecule has 7 N–H and O–H groups in total. The molecule has 2 saturated heterocycles. The van der Waals surface area contributed by atoms with Gasteiger partial charge in [-0.05, 0) is 31.2 Å². The number of nitrogens with two attached hydrogens (primary N) is 1. The number of hydrogen-bond donors (Lipinski definition) is 6. The molecule has 278 valence electrons. The standard InChI is InChI=1S/C30H31ClN12O8S2/c1-30(2,28(48)49)51-39-19(15-12-53-29(32)33-15)24(46)34-20-26(47)42-21(23-36-40-41-37-23)13(11-52-27(20)42)9-43(7-3-4-8-43)10-17-35-38-25(50-17)14-5-6-16(44)22(45)18(14)31/h5-6,12,20,27H,3-4,7-11H2,1-2H3,(H6-,32,33,34,36,37,38,39,40,41,44,45,46,48,49)/p+1/t20-,27-/m1/s1. The molecule has 2 fully saturated rings. The van der Waals surface area contributed by atoms with Crippen molar-refractivity contribution in [1.29, 1.82) is 0 Å². The van der Waals surface area contributed by atoms with Gasteiger partial charge in [0.1, 0.15) is 23.7 Å². The highest BCUT2D eigenvalue weighted by Gasteiger charge is 2.55. The molecule has 1 aromatic carbocycles. The van der Waals surface area contributed by atoms with Crippen molar-refractivity contribution in [2.24, 2.45) is 5.16 Å². The number of benzene rings is 1. The van der Waals surface area contributed by atoms with E-state index < -0.39 is 40.5 Å². The van der Waals surface area contributed by atoms with Crippen LogP contribution in [-0.4, -0.2) is 126 Å². The third-order valence-corrected chi connectivity index (χ3v) is 11.5. The van der Waals surface area contributed by atoms with Crippen LogP contribution in [0.5, 0.6) is 11.5 Å². The SMILES string of the molecule is CC(C)(ON=C(C(=O)N[C@@H]1C(=O)N2C(c3nn[nH]n3)=C(C[N+]3(Cc4nnc(-c5ccc(O)c(O)c5Cl)o4)CCCC3)CS[C@H]12)c1csc(N)n1)C(=O)O. The van der Waals surface area contributed by atoms with Gasteiger partial charge in [0.2, 0.25) is 17.3 Å². The predicted molar refractivity (Wildman–Crippen MR) is 188 cm³/mol. The van der Waals surface area contributed by atoms with Crippen molar-refractivity contribution in [3.8, 4) is 23.0 Å². The Bertz CT molecular complexity index is 2150. The summed E-state index contributed by atoms with van der Waals surface area (Å²) in [6.07, 6.45) is 1.88. The summed E-state index contributed by atoms with van der Waals surface area (Å²) < 4.78 is 6.53. The molecule has 4 aromatic rings. The predicted octanol–water partition coefficient (Wildman–Crippen LogP) is 1.56. The number of nitrogens with one attached hydrogen (secondary N) is 2. The number of nitrogens with zero attached hydrogens (tertiary/aromatic N) is 9. The van der Waals surface area contributed by atoms with Gasteiger partial charge in [0.25, 0.3) is 17.7 Å². The lowest BCUT2D eigenvalue weighted by molar-refractivity contribution is -0.926. The summed E-state index contributed by atoms with van der Waals surface area (Å²) in [5, 5.41) is 59.8. The van der Waals surface area contributed by atoms with Crippen LogP contribution in [0.4, 0.5) is 5.13 Å². The van der Waals surface area contributed by atoms with Gasteiger partial charge in [-0.25, -0.2) is 9.78 Å². The van der Waals surface area contributed by atoms with Crippen LogP contribution in [0.25, 0.3) is 17.2 Å². The number of carbonyl (C=O) groups excluding carboxylic acids is 2. The Labute approximate surface area is 312 Å². The molecule has 0 unspecified atom stereocenters. The van der Waals surface area contributed by atoms with E-state index in [1.54, 1.807) is 0 Å². The van der Waals surface area contributed by atoms with E-state index in [4.69, 9.17) is 26.6 Å². The van der Waals surface area contributed by atoms with Crippen LogP contribution in [0.2, 0.25) is 5.02 Å².